The highest BCUT2D eigenvalue weighted by molar-refractivity contribution is 5.29. The normalized spacial score (nSPS) is 24.6. The van der Waals surface area contributed by atoms with Crippen LogP contribution in [0, 0.1) is 35.0 Å². The molecule has 0 bridgehead atoms. The molecule has 1 aromatic rings. The minimum atomic E-state index is 0.282. The van der Waals surface area contributed by atoms with Crippen molar-refractivity contribution in [3.63, 3.8) is 0 Å². The zero-order valence-electron chi connectivity index (χ0n) is 25.1. The van der Waals surface area contributed by atoms with Gasteiger partial charge in [-0.25, -0.2) is 0 Å². The molecule has 2 aliphatic carbocycles. The molecule has 2 nitrogen and oxygen atoms in total. The molecule has 38 heavy (non-hydrogen) atoms. The molecule has 0 heterocycles. The average molecular weight is 522 g/mol. The molecule has 0 radical (unpaired) electrons. The summed E-state index contributed by atoms with van der Waals surface area (Å²) >= 11 is 0. The van der Waals surface area contributed by atoms with E-state index in [2.05, 4.69) is 44.2 Å². The van der Waals surface area contributed by atoms with Crippen LogP contribution in [0.2, 0.25) is 0 Å². The molecular formula is C36H59NO. The van der Waals surface area contributed by atoms with Crippen LogP contribution in [0.25, 0.3) is 0 Å². The Kier molecular flexibility index (Phi) is 15.3. The zero-order chi connectivity index (χ0) is 26.8. The molecule has 1 atom stereocenters. The first-order chi connectivity index (χ1) is 18.7. The van der Waals surface area contributed by atoms with Gasteiger partial charge in [-0.3, -0.25) is 0 Å². The van der Waals surface area contributed by atoms with Crippen LogP contribution < -0.4 is 4.74 Å². The highest BCUT2D eigenvalue weighted by Gasteiger charge is 2.31. The standard InChI is InChI=1S/C36H59NO/c1-3-5-7-9-10-12-14-30-15-17-31(18-16-30)28-35(29-37)34-21-19-32(20-22-34)33-23-25-36(26-24-33)38-27-13-11-8-6-4-2/h23-26,30-32,34-35H,3-22,27-28H2,1-2H3/t30-,31-,32-,34-,35?. The van der Waals surface area contributed by atoms with Crippen molar-refractivity contribution in [3.05, 3.63) is 29.8 Å². The van der Waals surface area contributed by atoms with Crippen LogP contribution in [-0.4, -0.2) is 6.61 Å². The van der Waals surface area contributed by atoms with Gasteiger partial charge >= 0.3 is 0 Å². The summed E-state index contributed by atoms with van der Waals surface area (Å²) < 4.78 is 5.97. The second-order valence-corrected chi connectivity index (χ2v) is 12.9. The van der Waals surface area contributed by atoms with E-state index >= 15 is 0 Å². The lowest BCUT2D eigenvalue weighted by atomic mass is 9.70. The number of hydrogen-bond donors (Lipinski definition) is 0. The second-order valence-electron chi connectivity index (χ2n) is 12.9. The van der Waals surface area contributed by atoms with Gasteiger partial charge in [0.1, 0.15) is 5.75 Å². The summed E-state index contributed by atoms with van der Waals surface area (Å²) in [5, 5.41) is 10.0. The quantitative estimate of drug-likeness (QED) is 0.180. The highest BCUT2D eigenvalue weighted by Crippen LogP contribution is 2.43. The molecule has 3 rings (SSSR count). The van der Waals surface area contributed by atoms with Gasteiger partial charge in [0.05, 0.1) is 12.7 Å². The lowest BCUT2D eigenvalue weighted by molar-refractivity contribution is 0.193. The van der Waals surface area contributed by atoms with Crippen LogP contribution in [0.4, 0.5) is 0 Å². The number of ether oxygens (including phenoxy) is 1. The van der Waals surface area contributed by atoms with Gasteiger partial charge in [0.25, 0.3) is 0 Å². The van der Waals surface area contributed by atoms with Crippen molar-refractivity contribution in [3.8, 4) is 11.8 Å². The maximum absolute atomic E-state index is 10.0. The van der Waals surface area contributed by atoms with Crippen molar-refractivity contribution >= 4 is 0 Å². The van der Waals surface area contributed by atoms with E-state index in [4.69, 9.17) is 4.74 Å². The lowest BCUT2D eigenvalue weighted by Gasteiger charge is -2.34. The Morgan fingerprint density at radius 1 is 0.711 bits per heavy atom. The van der Waals surface area contributed by atoms with Gasteiger partial charge in [0.2, 0.25) is 0 Å². The molecule has 2 aliphatic rings. The number of nitrogens with zero attached hydrogens (tertiary/aromatic N) is 1. The van der Waals surface area contributed by atoms with E-state index in [-0.39, 0.29) is 5.92 Å². The Bertz CT molecular complexity index is 749. The molecular weight excluding hydrogens is 462 g/mol. The minimum absolute atomic E-state index is 0.282. The van der Waals surface area contributed by atoms with E-state index in [0.717, 1.165) is 30.6 Å². The van der Waals surface area contributed by atoms with Crippen LogP contribution in [0.3, 0.4) is 0 Å². The van der Waals surface area contributed by atoms with Crippen LogP contribution >= 0.6 is 0 Å². The smallest absolute Gasteiger partial charge is 0.119 e. The van der Waals surface area contributed by atoms with Crippen LogP contribution in [0.1, 0.15) is 160 Å². The molecule has 0 aliphatic heterocycles. The fourth-order valence-corrected chi connectivity index (χ4v) is 7.27. The summed E-state index contributed by atoms with van der Waals surface area (Å²) in [6, 6.07) is 11.7. The monoisotopic (exact) mass is 521 g/mol. The van der Waals surface area contributed by atoms with Crippen LogP contribution in [-0.2, 0) is 0 Å². The molecule has 2 fully saturated rings. The van der Waals surface area contributed by atoms with E-state index in [1.807, 2.05) is 0 Å². The Labute approximate surface area is 236 Å². The summed E-state index contributed by atoms with van der Waals surface area (Å²) in [7, 11) is 0. The fourth-order valence-electron chi connectivity index (χ4n) is 7.27. The van der Waals surface area contributed by atoms with E-state index in [0.29, 0.717) is 11.8 Å². The third kappa shape index (κ3) is 11.3. The van der Waals surface area contributed by atoms with Crippen molar-refractivity contribution in [1.29, 1.82) is 5.26 Å². The predicted molar refractivity (Wildman–Crippen MR) is 163 cm³/mol. The highest BCUT2D eigenvalue weighted by atomic mass is 16.5. The molecule has 1 unspecified atom stereocenters. The van der Waals surface area contributed by atoms with Gasteiger partial charge in [-0.1, -0.05) is 122 Å². The Hall–Kier alpha value is -1.49. The average Bonchev–Trinajstić information content (AvgIpc) is 2.96. The lowest BCUT2D eigenvalue weighted by Crippen LogP contribution is -2.24. The van der Waals surface area contributed by atoms with Crippen molar-refractivity contribution in [2.75, 3.05) is 6.61 Å². The molecule has 0 spiro atoms. The summed E-state index contributed by atoms with van der Waals surface area (Å²) in [6.07, 6.45) is 28.1. The maximum atomic E-state index is 10.0. The van der Waals surface area contributed by atoms with E-state index in [1.54, 1.807) is 0 Å². The number of rotatable bonds is 18. The summed E-state index contributed by atoms with van der Waals surface area (Å²) in [5.41, 5.74) is 1.47. The van der Waals surface area contributed by atoms with Gasteiger partial charge in [0, 0.05) is 5.92 Å². The third-order valence-electron chi connectivity index (χ3n) is 9.89. The molecule has 2 saturated carbocycles. The largest absolute Gasteiger partial charge is 0.494 e. The third-order valence-corrected chi connectivity index (χ3v) is 9.89. The van der Waals surface area contributed by atoms with Crippen LogP contribution in [0.15, 0.2) is 24.3 Å². The molecule has 0 saturated heterocycles. The van der Waals surface area contributed by atoms with E-state index in [1.165, 1.54) is 134 Å². The van der Waals surface area contributed by atoms with Crippen molar-refractivity contribution in [2.45, 2.75) is 155 Å². The maximum Gasteiger partial charge on any atom is 0.119 e. The molecule has 1 aromatic carbocycles. The number of hydrogen-bond acceptors (Lipinski definition) is 2. The van der Waals surface area contributed by atoms with E-state index in [9.17, 15) is 5.26 Å². The molecule has 0 aromatic heterocycles. The molecule has 0 N–H and O–H groups in total. The van der Waals surface area contributed by atoms with Gasteiger partial charge in [-0.05, 0) is 79.9 Å². The zero-order valence-corrected chi connectivity index (χ0v) is 25.1. The van der Waals surface area contributed by atoms with Gasteiger partial charge in [0.15, 0.2) is 0 Å². The summed E-state index contributed by atoms with van der Waals surface area (Å²) in [4.78, 5) is 0. The van der Waals surface area contributed by atoms with E-state index < -0.39 is 0 Å². The van der Waals surface area contributed by atoms with Gasteiger partial charge in [-0.15, -0.1) is 0 Å². The summed E-state index contributed by atoms with van der Waals surface area (Å²) in [6.45, 7) is 5.40. The Balaban J connectivity index is 1.31. The molecule has 0 amide bonds. The Morgan fingerprint density at radius 2 is 1.29 bits per heavy atom. The first kappa shape index (κ1) is 31.0. The SMILES string of the molecule is CCCCCCCC[C@H]1CC[C@H](CC(C#N)[C@H]2CC[C@H](c3ccc(OCCCCCCC)cc3)CC2)CC1. The van der Waals surface area contributed by atoms with Gasteiger partial charge in [-0.2, -0.15) is 5.26 Å². The van der Waals surface area contributed by atoms with Crippen LogP contribution in [0.5, 0.6) is 5.75 Å². The number of benzene rings is 1. The summed E-state index contributed by atoms with van der Waals surface area (Å²) in [5.74, 6) is 4.35. The first-order valence-corrected chi connectivity index (χ1v) is 16.9. The first-order valence-electron chi connectivity index (χ1n) is 16.9. The molecule has 214 valence electrons. The topological polar surface area (TPSA) is 33.0 Å². The minimum Gasteiger partial charge on any atom is -0.494 e. The number of nitriles is 1. The van der Waals surface area contributed by atoms with Crippen molar-refractivity contribution < 1.29 is 4.74 Å². The molecule has 2 heteroatoms. The Morgan fingerprint density at radius 3 is 1.92 bits per heavy atom. The fraction of sp³-hybridized carbons (Fsp3) is 0.806. The second kappa shape index (κ2) is 18.7. The van der Waals surface area contributed by atoms with Crippen molar-refractivity contribution in [1.82, 2.24) is 0 Å². The predicted octanol–water partition coefficient (Wildman–Crippen LogP) is 11.4. The van der Waals surface area contributed by atoms with Crippen molar-refractivity contribution in [2.24, 2.45) is 23.7 Å². The van der Waals surface area contributed by atoms with Gasteiger partial charge < -0.3 is 4.74 Å². The number of unbranched alkanes of at least 4 members (excludes halogenated alkanes) is 9.